The summed E-state index contributed by atoms with van der Waals surface area (Å²) < 4.78 is 17.5. The van der Waals surface area contributed by atoms with Gasteiger partial charge in [-0.15, -0.1) is 0 Å². The average molecular weight is 465 g/mol. The van der Waals surface area contributed by atoms with E-state index in [9.17, 15) is 9.59 Å². The van der Waals surface area contributed by atoms with E-state index in [1.807, 2.05) is 13.0 Å². The molecule has 0 spiro atoms. The number of carbonyl (C=O) groups is 1. The Kier molecular flexibility index (Phi) is 5.42. The lowest BCUT2D eigenvalue weighted by Crippen LogP contribution is -2.16. The normalized spacial score (nSPS) is 10.8. The third-order valence-corrected chi connectivity index (χ3v) is 5.11. The smallest absolute Gasteiger partial charge is 0.343 e. The van der Waals surface area contributed by atoms with Crippen LogP contribution in [0, 0.1) is 6.92 Å². The monoisotopic (exact) mass is 464 g/mol. The van der Waals surface area contributed by atoms with Crippen LogP contribution in [0.5, 0.6) is 11.5 Å². The number of hydrogen-bond acceptors (Lipinski definition) is 5. The van der Waals surface area contributed by atoms with E-state index < -0.39 is 11.4 Å². The Hall–Kier alpha value is -3.38. The van der Waals surface area contributed by atoms with Crippen molar-refractivity contribution < 1.29 is 18.7 Å². The van der Waals surface area contributed by atoms with Crippen LogP contribution in [0.3, 0.4) is 0 Å². The maximum atomic E-state index is 13.2. The first-order valence-corrected chi connectivity index (χ1v) is 9.95. The predicted molar refractivity (Wildman–Crippen MR) is 118 cm³/mol. The van der Waals surface area contributed by atoms with Crippen molar-refractivity contribution in [2.24, 2.45) is 0 Å². The van der Waals surface area contributed by atoms with Crippen molar-refractivity contribution in [1.29, 1.82) is 0 Å². The Morgan fingerprint density at radius 3 is 2.47 bits per heavy atom. The van der Waals surface area contributed by atoms with Gasteiger partial charge < -0.3 is 13.9 Å². The molecule has 0 radical (unpaired) electrons. The summed E-state index contributed by atoms with van der Waals surface area (Å²) in [5.74, 6) is 0.0424. The minimum absolute atomic E-state index is 0.151. The van der Waals surface area contributed by atoms with E-state index in [0.717, 1.165) is 10.0 Å². The Labute approximate surface area is 181 Å². The molecule has 6 heteroatoms. The standard InChI is InChI=1S/C24H17BrO5/c1-14-6-11-19-20(12-14)29-22(15-7-9-18(28-2)10-8-15)23(21(19)26)30-24(27)16-4-3-5-17(25)13-16/h3-13H,1-2H3. The van der Waals surface area contributed by atoms with Crippen LogP contribution in [0.2, 0.25) is 0 Å². The summed E-state index contributed by atoms with van der Waals surface area (Å²) in [6, 6.07) is 19.0. The highest BCUT2D eigenvalue weighted by molar-refractivity contribution is 9.10. The highest BCUT2D eigenvalue weighted by Gasteiger charge is 2.21. The summed E-state index contributed by atoms with van der Waals surface area (Å²) in [7, 11) is 1.57. The van der Waals surface area contributed by atoms with Crippen LogP contribution in [0.25, 0.3) is 22.3 Å². The third kappa shape index (κ3) is 3.86. The van der Waals surface area contributed by atoms with E-state index in [0.29, 0.717) is 27.8 Å². The minimum atomic E-state index is -0.648. The molecule has 0 aliphatic heterocycles. The molecular formula is C24H17BrO5. The SMILES string of the molecule is COc1ccc(-c2oc3cc(C)ccc3c(=O)c2OC(=O)c2cccc(Br)c2)cc1. The first-order chi connectivity index (χ1) is 14.5. The molecule has 0 amide bonds. The number of fused-ring (bicyclic) bond motifs is 1. The number of aryl methyl sites for hydroxylation is 1. The van der Waals surface area contributed by atoms with Gasteiger partial charge in [-0.25, -0.2) is 4.79 Å². The molecule has 0 aliphatic carbocycles. The molecule has 1 aromatic heterocycles. The molecular weight excluding hydrogens is 448 g/mol. The van der Waals surface area contributed by atoms with E-state index in [1.165, 1.54) is 0 Å². The number of methoxy groups -OCH3 is 1. The van der Waals surface area contributed by atoms with Gasteiger partial charge in [0.1, 0.15) is 11.3 Å². The van der Waals surface area contributed by atoms with Crippen LogP contribution >= 0.6 is 15.9 Å². The molecule has 3 aromatic carbocycles. The number of rotatable bonds is 4. The molecule has 0 aliphatic rings. The second-order valence-electron chi connectivity index (χ2n) is 6.72. The van der Waals surface area contributed by atoms with Crippen LogP contribution < -0.4 is 14.9 Å². The van der Waals surface area contributed by atoms with Crippen molar-refractivity contribution in [2.45, 2.75) is 6.92 Å². The molecule has 30 heavy (non-hydrogen) atoms. The topological polar surface area (TPSA) is 65.7 Å². The van der Waals surface area contributed by atoms with Crippen molar-refractivity contribution in [3.05, 3.63) is 92.6 Å². The van der Waals surface area contributed by atoms with E-state index in [2.05, 4.69) is 15.9 Å². The van der Waals surface area contributed by atoms with E-state index >= 15 is 0 Å². The maximum absolute atomic E-state index is 13.2. The molecule has 0 N–H and O–H groups in total. The molecule has 5 nitrogen and oxygen atoms in total. The number of benzene rings is 3. The summed E-state index contributed by atoms with van der Waals surface area (Å²) in [6.45, 7) is 1.91. The summed E-state index contributed by atoms with van der Waals surface area (Å²) in [4.78, 5) is 26.0. The number of esters is 1. The fourth-order valence-corrected chi connectivity index (χ4v) is 3.47. The van der Waals surface area contributed by atoms with E-state index in [1.54, 1.807) is 67.8 Å². The summed E-state index contributed by atoms with van der Waals surface area (Å²) in [5.41, 5.74) is 1.87. The molecule has 0 bridgehead atoms. The van der Waals surface area contributed by atoms with Gasteiger partial charge in [-0.2, -0.15) is 0 Å². The highest BCUT2D eigenvalue weighted by Crippen LogP contribution is 2.32. The zero-order valence-electron chi connectivity index (χ0n) is 16.3. The van der Waals surface area contributed by atoms with Crippen LogP contribution in [0.1, 0.15) is 15.9 Å². The lowest BCUT2D eigenvalue weighted by atomic mass is 10.1. The zero-order chi connectivity index (χ0) is 21.3. The molecule has 0 saturated heterocycles. The summed E-state index contributed by atoms with van der Waals surface area (Å²) in [6.07, 6.45) is 0. The van der Waals surface area contributed by atoms with Crippen LogP contribution in [0.15, 0.2) is 80.4 Å². The first-order valence-electron chi connectivity index (χ1n) is 9.16. The Balaban J connectivity index is 1.89. The third-order valence-electron chi connectivity index (χ3n) is 4.61. The van der Waals surface area contributed by atoms with Crippen molar-refractivity contribution in [1.82, 2.24) is 0 Å². The van der Waals surface area contributed by atoms with Crippen molar-refractivity contribution >= 4 is 32.9 Å². The first kappa shape index (κ1) is 19.9. The lowest BCUT2D eigenvalue weighted by molar-refractivity contribution is 0.0731. The second-order valence-corrected chi connectivity index (χ2v) is 7.63. The Morgan fingerprint density at radius 1 is 1.00 bits per heavy atom. The Morgan fingerprint density at radius 2 is 1.77 bits per heavy atom. The van der Waals surface area contributed by atoms with Crippen molar-refractivity contribution in [3.63, 3.8) is 0 Å². The van der Waals surface area contributed by atoms with Crippen LogP contribution in [0.4, 0.5) is 0 Å². The molecule has 4 rings (SSSR count). The number of carbonyl (C=O) groups excluding carboxylic acids is 1. The van der Waals surface area contributed by atoms with Gasteiger partial charge in [-0.1, -0.05) is 28.1 Å². The van der Waals surface area contributed by atoms with Gasteiger partial charge in [0.2, 0.25) is 11.2 Å². The fourth-order valence-electron chi connectivity index (χ4n) is 3.08. The lowest BCUT2D eigenvalue weighted by Gasteiger charge is -2.11. The van der Waals surface area contributed by atoms with Crippen molar-refractivity contribution in [3.8, 4) is 22.8 Å². The maximum Gasteiger partial charge on any atom is 0.343 e. The van der Waals surface area contributed by atoms with Crippen LogP contribution in [-0.2, 0) is 0 Å². The number of ether oxygens (including phenoxy) is 2. The molecule has 1 heterocycles. The molecule has 0 unspecified atom stereocenters. The largest absolute Gasteiger partial charge is 0.497 e. The van der Waals surface area contributed by atoms with Gasteiger partial charge in [0, 0.05) is 10.0 Å². The highest BCUT2D eigenvalue weighted by atomic mass is 79.9. The van der Waals surface area contributed by atoms with E-state index in [4.69, 9.17) is 13.9 Å². The quantitative estimate of drug-likeness (QED) is 0.359. The van der Waals surface area contributed by atoms with Crippen LogP contribution in [-0.4, -0.2) is 13.1 Å². The molecule has 4 aromatic rings. The second kappa shape index (κ2) is 8.16. The van der Waals surface area contributed by atoms with Gasteiger partial charge in [-0.05, 0) is 67.1 Å². The average Bonchev–Trinajstić information content (AvgIpc) is 2.75. The Bertz CT molecular complexity index is 1310. The van der Waals surface area contributed by atoms with Crippen molar-refractivity contribution in [2.75, 3.05) is 7.11 Å². The summed E-state index contributed by atoms with van der Waals surface area (Å²) in [5, 5.41) is 0.343. The fraction of sp³-hybridized carbons (Fsp3) is 0.0833. The van der Waals surface area contributed by atoms with E-state index in [-0.39, 0.29) is 11.5 Å². The molecule has 150 valence electrons. The minimum Gasteiger partial charge on any atom is -0.497 e. The number of hydrogen-bond donors (Lipinski definition) is 0. The van der Waals surface area contributed by atoms with Gasteiger partial charge in [0.25, 0.3) is 0 Å². The molecule has 0 saturated carbocycles. The molecule has 0 atom stereocenters. The van der Waals surface area contributed by atoms with Gasteiger partial charge in [0.15, 0.2) is 5.76 Å². The van der Waals surface area contributed by atoms with Gasteiger partial charge in [-0.3, -0.25) is 4.79 Å². The predicted octanol–water partition coefficient (Wildman–Crippen LogP) is 5.76. The summed E-state index contributed by atoms with van der Waals surface area (Å²) >= 11 is 3.33. The molecule has 0 fully saturated rings. The number of halogens is 1. The zero-order valence-corrected chi connectivity index (χ0v) is 17.9. The van der Waals surface area contributed by atoms with Gasteiger partial charge >= 0.3 is 5.97 Å². The van der Waals surface area contributed by atoms with Gasteiger partial charge in [0.05, 0.1) is 18.1 Å².